The van der Waals surface area contributed by atoms with Gasteiger partial charge in [0.1, 0.15) is 10.8 Å². The van der Waals surface area contributed by atoms with E-state index in [9.17, 15) is 0 Å². The summed E-state index contributed by atoms with van der Waals surface area (Å²) in [5.74, 6) is 0.798. The summed E-state index contributed by atoms with van der Waals surface area (Å²) >= 11 is 8.63. The molecule has 6 heteroatoms. The average molecular weight is 392 g/mol. The molecule has 0 aliphatic heterocycles. The maximum absolute atomic E-state index is 5.29. The Morgan fingerprint density at radius 1 is 1.33 bits per heavy atom. The standard InChI is InChI=1S/C12H12Br2N2OS/c1-7(12-15-3-4-18-12)16-10-6-11(17-2)9(14)5-8(10)13/h3-7,16H,1-2H3. The van der Waals surface area contributed by atoms with E-state index in [-0.39, 0.29) is 6.04 Å². The van der Waals surface area contributed by atoms with Crippen LogP contribution in [0.1, 0.15) is 18.0 Å². The van der Waals surface area contributed by atoms with Crippen LogP contribution in [0.15, 0.2) is 32.7 Å². The zero-order chi connectivity index (χ0) is 13.1. The van der Waals surface area contributed by atoms with Gasteiger partial charge < -0.3 is 10.1 Å². The Hall–Kier alpha value is -0.590. The summed E-state index contributed by atoms with van der Waals surface area (Å²) in [7, 11) is 1.65. The van der Waals surface area contributed by atoms with Crippen LogP contribution < -0.4 is 10.1 Å². The minimum atomic E-state index is 0.159. The highest BCUT2D eigenvalue weighted by Crippen LogP contribution is 2.36. The summed E-state index contributed by atoms with van der Waals surface area (Å²) < 4.78 is 7.20. The van der Waals surface area contributed by atoms with Crippen molar-refractivity contribution in [3.05, 3.63) is 37.7 Å². The first-order chi connectivity index (χ1) is 8.61. The largest absolute Gasteiger partial charge is 0.495 e. The Morgan fingerprint density at radius 2 is 2.11 bits per heavy atom. The molecule has 1 aromatic heterocycles. The molecular formula is C12H12Br2N2OS. The first-order valence-corrected chi connectivity index (χ1v) is 7.77. The lowest BCUT2D eigenvalue weighted by Gasteiger charge is -2.16. The van der Waals surface area contributed by atoms with Crippen LogP contribution in [0.5, 0.6) is 5.75 Å². The molecule has 0 radical (unpaired) electrons. The number of ether oxygens (including phenoxy) is 1. The van der Waals surface area contributed by atoms with Crippen LogP contribution in [-0.2, 0) is 0 Å². The second-order valence-electron chi connectivity index (χ2n) is 3.70. The van der Waals surface area contributed by atoms with Gasteiger partial charge in [-0.25, -0.2) is 4.98 Å². The van der Waals surface area contributed by atoms with E-state index >= 15 is 0 Å². The first kappa shape index (κ1) is 13.8. The maximum Gasteiger partial charge on any atom is 0.135 e. The predicted octanol–water partition coefficient (Wildman–Crippen LogP) is 4.85. The molecule has 0 aliphatic rings. The number of nitrogens with zero attached hydrogens (tertiary/aromatic N) is 1. The Kier molecular flexibility index (Phi) is 4.64. The molecule has 0 saturated heterocycles. The van der Waals surface area contributed by atoms with E-state index in [2.05, 4.69) is 49.1 Å². The van der Waals surface area contributed by atoms with E-state index < -0.39 is 0 Å². The van der Waals surface area contributed by atoms with Crippen molar-refractivity contribution in [3.63, 3.8) is 0 Å². The van der Waals surface area contributed by atoms with Gasteiger partial charge in [0.05, 0.1) is 23.3 Å². The van der Waals surface area contributed by atoms with Crippen LogP contribution in [-0.4, -0.2) is 12.1 Å². The molecule has 0 aliphatic carbocycles. The summed E-state index contributed by atoms with van der Waals surface area (Å²) in [6.07, 6.45) is 1.81. The average Bonchev–Trinajstić information content (AvgIpc) is 2.86. The third-order valence-electron chi connectivity index (χ3n) is 2.44. The summed E-state index contributed by atoms with van der Waals surface area (Å²) in [4.78, 5) is 4.30. The number of rotatable bonds is 4. The normalized spacial score (nSPS) is 12.2. The van der Waals surface area contributed by atoms with Crippen molar-refractivity contribution < 1.29 is 4.74 Å². The smallest absolute Gasteiger partial charge is 0.135 e. The fourth-order valence-corrected chi connectivity index (χ4v) is 3.46. The number of benzene rings is 1. The summed E-state index contributed by atoms with van der Waals surface area (Å²) in [5.41, 5.74) is 0.984. The van der Waals surface area contributed by atoms with E-state index in [4.69, 9.17) is 4.74 Å². The summed E-state index contributed by atoms with van der Waals surface area (Å²) in [6, 6.07) is 4.08. The molecule has 0 saturated carbocycles. The van der Waals surface area contributed by atoms with Gasteiger partial charge in [0.2, 0.25) is 0 Å². The number of hydrogen-bond donors (Lipinski definition) is 1. The van der Waals surface area contributed by atoms with Crippen LogP contribution in [0, 0.1) is 0 Å². The fourth-order valence-electron chi connectivity index (χ4n) is 1.54. The van der Waals surface area contributed by atoms with Crippen LogP contribution in [0.2, 0.25) is 0 Å². The van der Waals surface area contributed by atoms with Crippen LogP contribution in [0.4, 0.5) is 5.69 Å². The third kappa shape index (κ3) is 3.05. The second-order valence-corrected chi connectivity index (χ2v) is 6.34. The van der Waals surface area contributed by atoms with Crippen LogP contribution in [0.25, 0.3) is 0 Å². The SMILES string of the molecule is COc1cc(NC(C)c2nccs2)c(Br)cc1Br. The molecule has 3 nitrogen and oxygen atoms in total. The highest BCUT2D eigenvalue weighted by atomic mass is 79.9. The van der Waals surface area contributed by atoms with Gasteiger partial charge in [-0.15, -0.1) is 11.3 Å². The lowest BCUT2D eigenvalue weighted by molar-refractivity contribution is 0.412. The van der Waals surface area contributed by atoms with Gasteiger partial charge in [0.25, 0.3) is 0 Å². The van der Waals surface area contributed by atoms with Gasteiger partial charge in [-0.3, -0.25) is 0 Å². The van der Waals surface area contributed by atoms with Gasteiger partial charge in [0, 0.05) is 22.1 Å². The van der Waals surface area contributed by atoms with E-state index in [1.165, 1.54) is 0 Å². The number of hydrogen-bond acceptors (Lipinski definition) is 4. The van der Waals surface area contributed by atoms with Crippen molar-refractivity contribution in [1.82, 2.24) is 4.98 Å². The van der Waals surface area contributed by atoms with Crippen molar-refractivity contribution >= 4 is 48.9 Å². The molecule has 0 bridgehead atoms. The number of thiazole rings is 1. The molecule has 1 unspecified atom stereocenters. The highest BCUT2D eigenvalue weighted by molar-refractivity contribution is 9.11. The van der Waals surface area contributed by atoms with Crippen molar-refractivity contribution in [3.8, 4) is 5.75 Å². The molecule has 1 atom stereocenters. The van der Waals surface area contributed by atoms with E-state index in [0.717, 1.165) is 25.4 Å². The number of methoxy groups -OCH3 is 1. The zero-order valence-electron chi connectivity index (χ0n) is 9.91. The molecule has 0 fully saturated rings. The fraction of sp³-hybridized carbons (Fsp3) is 0.250. The Morgan fingerprint density at radius 3 is 2.72 bits per heavy atom. The molecule has 1 N–H and O–H groups in total. The Bertz CT molecular complexity index is 531. The minimum absolute atomic E-state index is 0.159. The Labute approximate surface area is 127 Å². The van der Waals surface area contributed by atoms with Crippen molar-refractivity contribution in [2.24, 2.45) is 0 Å². The van der Waals surface area contributed by atoms with Crippen molar-refractivity contribution in [2.75, 3.05) is 12.4 Å². The second kappa shape index (κ2) is 6.04. The molecule has 18 heavy (non-hydrogen) atoms. The van der Waals surface area contributed by atoms with Gasteiger partial charge >= 0.3 is 0 Å². The summed E-state index contributed by atoms with van der Waals surface area (Å²) in [5, 5.41) is 6.45. The molecule has 1 aromatic carbocycles. The van der Waals surface area contributed by atoms with Crippen molar-refractivity contribution in [1.29, 1.82) is 0 Å². The molecule has 0 spiro atoms. The topological polar surface area (TPSA) is 34.1 Å². The maximum atomic E-state index is 5.29. The number of aromatic nitrogens is 1. The van der Waals surface area contributed by atoms with Crippen LogP contribution >= 0.6 is 43.2 Å². The highest BCUT2D eigenvalue weighted by Gasteiger charge is 2.12. The number of halogens is 2. The van der Waals surface area contributed by atoms with Gasteiger partial charge in [-0.2, -0.15) is 0 Å². The minimum Gasteiger partial charge on any atom is -0.495 e. The molecule has 96 valence electrons. The van der Waals surface area contributed by atoms with Gasteiger partial charge in [-0.1, -0.05) is 0 Å². The zero-order valence-corrected chi connectivity index (χ0v) is 13.9. The number of nitrogens with one attached hydrogen (secondary N) is 1. The summed E-state index contributed by atoms with van der Waals surface area (Å²) in [6.45, 7) is 2.08. The number of anilines is 1. The van der Waals surface area contributed by atoms with E-state index in [0.29, 0.717) is 0 Å². The van der Waals surface area contributed by atoms with E-state index in [1.54, 1.807) is 18.4 Å². The predicted molar refractivity (Wildman–Crippen MR) is 82.5 cm³/mol. The lowest BCUT2D eigenvalue weighted by Crippen LogP contribution is -2.06. The molecule has 1 heterocycles. The Balaban J connectivity index is 2.23. The van der Waals surface area contributed by atoms with Crippen LogP contribution in [0.3, 0.4) is 0 Å². The quantitative estimate of drug-likeness (QED) is 0.808. The van der Waals surface area contributed by atoms with Crippen molar-refractivity contribution in [2.45, 2.75) is 13.0 Å². The van der Waals surface area contributed by atoms with E-state index in [1.807, 2.05) is 23.7 Å². The van der Waals surface area contributed by atoms with Gasteiger partial charge in [0.15, 0.2) is 0 Å². The third-order valence-corrected chi connectivity index (χ3v) is 4.67. The van der Waals surface area contributed by atoms with Gasteiger partial charge in [-0.05, 0) is 44.8 Å². The molecule has 0 amide bonds. The molecular weight excluding hydrogens is 380 g/mol. The monoisotopic (exact) mass is 390 g/mol. The lowest BCUT2D eigenvalue weighted by atomic mass is 10.2. The molecule has 2 rings (SSSR count). The molecule has 2 aromatic rings. The first-order valence-electron chi connectivity index (χ1n) is 5.30.